The first-order chi connectivity index (χ1) is 10.8. The van der Waals surface area contributed by atoms with E-state index in [-0.39, 0.29) is 41.8 Å². The fourth-order valence-corrected chi connectivity index (χ4v) is 1.68. The third kappa shape index (κ3) is 7.56. The van der Waals surface area contributed by atoms with Gasteiger partial charge in [0.1, 0.15) is 11.6 Å². The molecule has 0 saturated heterocycles. The summed E-state index contributed by atoms with van der Waals surface area (Å²) in [6, 6.07) is 3.78. The Kier molecular flexibility index (Phi) is 10.1. The maximum atomic E-state index is 13.8. The lowest BCUT2D eigenvalue weighted by Crippen LogP contribution is -2.45. The fraction of sp³-hybridized carbons (Fsp3) is 0.533. The third-order valence-corrected chi connectivity index (χ3v) is 3.18. The third-order valence-electron chi connectivity index (χ3n) is 3.18. The molecule has 0 saturated carbocycles. The van der Waals surface area contributed by atoms with Crippen molar-refractivity contribution < 1.29 is 22.6 Å². The number of halogens is 4. The summed E-state index contributed by atoms with van der Waals surface area (Å²) in [5.74, 6) is -0.454. The van der Waals surface area contributed by atoms with E-state index in [2.05, 4.69) is 20.4 Å². The van der Waals surface area contributed by atoms with Crippen LogP contribution in [0.4, 0.5) is 13.2 Å². The van der Waals surface area contributed by atoms with E-state index in [1.807, 2.05) is 13.8 Å². The number of guanidine groups is 1. The number of nitrogens with zero attached hydrogens (tertiary/aromatic N) is 1. The summed E-state index contributed by atoms with van der Waals surface area (Å²) in [5.41, 5.74) is -0.415. The largest absolute Gasteiger partial charge is 0.434 e. The molecule has 138 valence electrons. The van der Waals surface area contributed by atoms with Crippen LogP contribution in [-0.4, -0.2) is 38.9 Å². The molecule has 1 aromatic rings. The Morgan fingerprint density at radius 2 is 1.96 bits per heavy atom. The van der Waals surface area contributed by atoms with Crippen LogP contribution in [0.3, 0.4) is 0 Å². The molecule has 0 aliphatic heterocycles. The number of rotatable bonds is 7. The maximum absolute atomic E-state index is 13.8. The Hall–Kier alpha value is -1.23. The molecule has 9 heteroatoms. The van der Waals surface area contributed by atoms with Gasteiger partial charge in [-0.2, -0.15) is 8.78 Å². The van der Waals surface area contributed by atoms with Crippen LogP contribution in [0.2, 0.25) is 0 Å². The van der Waals surface area contributed by atoms with Crippen LogP contribution < -0.4 is 15.4 Å². The lowest BCUT2D eigenvalue weighted by Gasteiger charge is -2.24. The van der Waals surface area contributed by atoms with E-state index in [0.29, 0.717) is 12.5 Å². The summed E-state index contributed by atoms with van der Waals surface area (Å²) >= 11 is 0. The summed E-state index contributed by atoms with van der Waals surface area (Å²) in [7, 11) is 3.14. The van der Waals surface area contributed by atoms with Crippen LogP contribution >= 0.6 is 24.0 Å². The van der Waals surface area contributed by atoms with Crippen molar-refractivity contribution in [2.24, 2.45) is 4.99 Å². The molecule has 1 rings (SSSR count). The molecule has 0 bridgehead atoms. The van der Waals surface area contributed by atoms with Crippen molar-refractivity contribution in [3.05, 3.63) is 29.6 Å². The van der Waals surface area contributed by atoms with Crippen LogP contribution in [0.15, 0.2) is 23.2 Å². The number of hydrogen-bond acceptors (Lipinski definition) is 3. The number of benzene rings is 1. The molecule has 1 aromatic carbocycles. The molecule has 0 heterocycles. The number of nitrogens with one attached hydrogen (secondary N) is 2. The van der Waals surface area contributed by atoms with Gasteiger partial charge in [-0.25, -0.2) is 4.39 Å². The highest BCUT2D eigenvalue weighted by molar-refractivity contribution is 14.0. The number of ether oxygens (including phenoxy) is 2. The molecule has 0 fully saturated rings. The molecule has 0 radical (unpaired) electrons. The summed E-state index contributed by atoms with van der Waals surface area (Å²) in [6.07, 6.45) is 0. The molecule has 0 aliphatic rings. The molecule has 24 heavy (non-hydrogen) atoms. The second-order valence-electron chi connectivity index (χ2n) is 5.34. The zero-order valence-corrected chi connectivity index (χ0v) is 16.4. The first-order valence-corrected chi connectivity index (χ1v) is 7.01. The lowest BCUT2D eigenvalue weighted by molar-refractivity contribution is -0.0506. The van der Waals surface area contributed by atoms with E-state index in [1.165, 1.54) is 18.2 Å². The van der Waals surface area contributed by atoms with Crippen molar-refractivity contribution in [2.75, 3.05) is 20.7 Å². The molecule has 0 spiro atoms. The Morgan fingerprint density at radius 1 is 1.29 bits per heavy atom. The van der Waals surface area contributed by atoms with E-state index in [0.717, 1.165) is 0 Å². The highest BCUT2D eigenvalue weighted by atomic mass is 127. The minimum Gasteiger partial charge on any atom is -0.434 e. The molecule has 0 amide bonds. The highest BCUT2D eigenvalue weighted by Gasteiger charge is 2.17. The van der Waals surface area contributed by atoms with Gasteiger partial charge < -0.3 is 20.1 Å². The minimum atomic E-state index is -3.02. The molecule has 5 nitrogen and oxygen atoms in total. The van der Waals surface area contributed by atoms with E-state index < -0.39 is 18.0 Å². The lowest BCUT2D eigenvalue weighted by atomic mass is 10.1. The van der Waals surface area contributed by atoms with Crippen LogP contribution in [0, 0.1) is 5.82 Å². The monoisotopic (exact) mass is 461 g/mol. The Balaban J connectivity index is 0.00000529. The Morgan fingerprint density at radius 3 is 2.50 bits per heavy atom. The highest BCUT2D eigenvalue weighted by Crippen LogP contribution is 2.23. The fourth-order valence-electron chi connectivity index (χ4n) is 1.68. The predicted molar refractivity (Wildman–Crippen MR) is 97.7 cm³/mol. The standard InChI is InChI=1S/C15H22F3N3O2.HI/c1-15(2,22-4)9-21-14(19-3)20-8-10-11(16)6-5-7-12(10)23-13(17)18;/h5-7,13H,8-9H2,1-4H3,(H2,19,20,21);1H. The molecular weight excluding hydrogens is 438 g/mol. The summed E-state index contributed by atoms with van der Waals surface area (Å²) < 4.78 is 48.2. The second-order valence-corrected chi connectivity index (χ2v) is 5.34. The predicted octanol–water partition coefficient (Wildman–Crippen LogP) is 3.14. The zero-order chi connectivity index (χ0) is 17.5. The average molecular weight is 461 g/mol. The normalized spacial score (nSPS) is 11.9. The van der Waals surface area contributed by atoms with Crippen LogP contribution in [0.5, 0.6) is 5.75 Å². The Bertz CT molecular complexity index is 543. The molecule has 0 unspecified atom stereocenters. The number of alkyl halides is 2. The van der Waals surface area contributed by atoms with Crippen molar-refractivity contribution in [3.8, 4) is 5.75 Å². The van der Waals surface area contributed by atoms with Crippen molar-refractivity contribution in [1.82, 2.24) is 10.6 Å². The van der Waals surface area contributed by atoms with Gasteiger partial charge in [-0.3, -0.25) is 4.99 Å². The van der Waals surface area contributed by atoms with Crippen LogP contribution in [0.1, 0.15) is 19.4 Å². The van der Waals surface area contributed by atoms with Crippen molar-refractivity contribution in [2.45, 2.75) is 32.6 Å². The minimum absolute atomic E-state index is 0. The van der Waals surface area contributed by atoms with Crippen LogP contribution in [0.25, 0.3) is 0 Å². The molecule has 0 atom stereocenters. The topological polar surface area (TPSA) is 54.9 Å². The summed E-state index contributed by atoms with van der Waals surface area (Å²) in [4.78, 5) is 3.99. The first-order valence-electron chi connectivity index (χ1n) is 7.01. The first kappa shape index (κ1) is 22.8. The maximum Gasteiger partial charge on any atom is 0.387 e. The smallest absolute Gasteiger partial charge is 0.387 e. The van der Waals surface area contributed by atoms with Gasteiger partial charge in [-0.15, -0.1) is 24.0 Å². The van der Waals surface area contributed by atoms with Gasteiger partial charge in [0.25, 0.3) is 0 Å². The van der Waals surface area contributed by atoms with E-state index >= 15 is 0 Å². The van der Waals surface area contributed by atoms with E-state index in [9.17, 15) is 13.2 Å². The molecular formula is C15H23F3IN3O2. The Labute approximate surface area is 157 Å². The van der Waals surface area contributed by atoms with Gasteiger partial charge in [0.2, 0.25) is 0 Å². The van der Waals surface area contributed by atoms with Gasteiger partial charge in [-0.05, 0) is 26.0 Å². The van der Waals surface area contributed by atoms with Crippen molar-refractivity contribution in [3.63, 3.8) is 0 Å². The molecule has 2 N–H and O–H groups in total. The summed E-state index contributed by atoms with van der Waals surface area (Å²) in [5, 5.41) is 5.87. The summed E-state index contributed by atoms with van der Waals surface area (Å²) in [6.45, 7) is 1.16. The zero-order valence-electron chi connectivity index (χ0n) is 14.0. The van der Waals surface area contributed by atoms with Gasteiger partial charge in [-0.1, -0.05) is 6.07 Å². The number of methoxy groups -OCH3 is 1. The quantitative estimate of drug-likeness (QED) is 0.372. The van der Waals surface area contributed by atoms with Crippen molar-refractivity contribution >= 4 is 29.9 Å². The van der Waals surface area contributed by atoms with Gasteiger partial charge in [0.15, 0.2) is 5.96 Å². The molecule has 0 aromatic heterocycles. The molecule has 0 aliphatic carbocycles. The van der Waals surface area contributed by atoms with E-state index in [4.69, 9.17) is 4.74 Å². The van der Waals surface area contributed by atoms with Gasteiger partial charge >= 0.3 is 6.61 Å². The van der Waals surface area contributed by atoms with Gasteiger partial charge in [0, 0.05) is 32.8 Å². The van der Waals surface area contributed by atoms with Crippen molar-refractivity contribution in [1.29, 1.82) is 0 Å². The average Bonchev–Trinajstić information content (AvgIpc) is 2.49. The van der Waals surface area contributed by atoms with E-state index in [1.54, 1.807) is 14.2 Å². The van der Waals surface area contributed by atoms with Gasteiger partial charge in [0.05, 0.1) is 5.60 Å². The van der Waals surface area contributed by atoms with Crippen LogP contribution in [-0.2, 0) is 11.3 Å². The number of hydrogen-bond donors (Lipinski definition) is 2. The second kappa shape index (κ2) is 10.6. The SMILES string of the molecule is CN=C(NCc1c(F)cccc1OC(F)F)NCC(C)(C)OC.I. The number of aliphatic imine (C=N–C) groups is 1.